The molecule has 1 aromatic rings. The van der Waals surface area contributed by atoms with Crippen LogP contribution in [0.15, 0.2) is 24.3 Å². The fourth-order valence-electron chi connectivity index (χ4n) is 0.822. The van der Waals surface area contributed by atoms with E-state index in [1.165, 1.54) is 31.2 Å². The molecule has 4 nitrogen and oxygen atoms in total. The molecule has 0 saturated heterocycles. The Morgan fingerprint density at radius 3 is 2.33 bits per heavy atom. The third kappa shape index (κ3) is 3.34. The number of halogens is 1. The van der Waals surface area contributed by atoms with Crippen LogP contribution in [-0.2, 0) is 9.53 Å². The highest BCUT2D eigenvalue weighted by molar-refractivity contribution is 6.30. The first kappa shape index (κ1) is 11.7. The molecule has 0 heterocycles. The SMILES string of the molecule is C[C@H](O)C(=O)OC(=O)c1ccc(Cl)cc1. The van der Waals surface area contributed by atoms with Gasteiger partial charge >= 0.3 is 11.9 Å². The second-order valence-corrected chi connectivity index (χ2v) is 3.33. The number of hydrogen-bond donors (Lipinski definition) is 1. The van der Waals surface area contributed by atoms with E-state index in [4.69, 9.17) is 16.7 Å². The molecular weight excluding hydrogens is 220 g/mol. The van der Waals surface area contributed by atoms with Crippen molar-refractivity contribution in [3.05, 3.63) is 34.9 Å². The number of hydrogen-bond acceptors (Lipinski definition) is 4. The van der Waals surface area contributed by atoms with Crippen LogP contribution in [0.2, 0.25) is 5.02 Å². The fourth-order valence-corrected chi connectivity index (χ4v) is 0.948. The minimum atomic E-state index is -1.32. The number of esters is 2. The van der Waals surface area contributed by atoms with Gasteiger partial charge in [0.1, 0.15) is 6.10 Å². The van der Waals surface area contributed by atoms with Crippen molar-refractivity contribution in [3.63, 3.8) is 0 Å². The first-order valence-corrected chi connectivity index (χ1v) is 4.58. The predicted octanol–water partition coefficient (Wildman–Crippen LogP) is 1.40. The number of carbonyl (C=O) groups is 2. The Morgan fingerprint density at radius 2 is 1.87 bits per heavy atom. The third-order valence-corrected chi connectivity index (χ3v) is 1.87. The minimum absolute atomic E-state index is 0.202. The summed E-state index contributed by atoms with van der Waals surface area (Å²) in [4.78, 5) is 22.1. The van der Waals surface area contributed by atoms with Gasteiger partial charge in [0.05, 0.1) is 5.56 Å². The summed E-state index contributed by atoms with van der Waals surface area (Å²) in [6, 6.07) is 5.87. The second-order valence-electron chi connectivity index (χ2n) is 2.89. The van der Waals surface area contributed by atoms with E-state index in [-0.39, 0.29) is 5.56 Å². The summed E-state index contributed by atoms with van der Waals surface area (Å²) in [5.74, 6) is -1.78. The van der Waals surface area contributed by atoms with Gasteiger partial charge in [0.15, 0.2) is 0 Å². The topological polar surface area (TPSA) is 63.6 Å². The van der Waals surface area contributed by atoms with Crippen molar-refractivity contribution in [2.24, 2.45) is 0 Å². The quantitative estimate of drug-likeness (QED) is 0.614. The van der Waals surface area contributed by atoms with Crippen molar-refractivity contribution in [2.45, 2.75) is 13.0 Å². The Bertz CT molecular complexity index is 370. The van der Waals surface area contributed by atoms with Gasteiger partial charge in [-0.1, -0.05) is 11.6 Å². The molecule has 0 aliphatic rings. The predicted molar refractivity (Wildman–Crippen MR) is 53.6 cm³/mol. The summed E-state index contributed by atoms with van der Waals surface area (Å²) in [6.07, 6.45) is -1.32. The van der Waals surface area contributed by atoms with Gasteiger partial charge in [0.25, 0.3) is 0 Å². The van der Waals surface area contributed by atoms with Crippen LogP contribution < -0.4 is 0 Å². The van der Waals surface area contributed by atoms with Crippen molar-refractivity contribution in [3.8, 4) is 0 Å². The van der Waals surface area contributed by atoms with Crippen LogP contribution in [0.1, 0.15) is 17.3 Å². The van der Waals surface area contributed by atoms with Crippen molar-refractivity contribution < 1.29 is 19.4 Å². The van der Waals surface area contributed by atoms with Gasteiger partial charge in [0.2, 0.25) is 0 Å². The highest BCUT2D eigenvalue weighted by atomic mass is 35.5. The lowest BCUT2D eigenvalue weighted by atomic mass is 10.2. The summed E-state index contributed by atoms with van der Waals surface area (Å²) in [5.41, 5.74) is 0.202. The molecule has 0 bridgehead atoms. The molecule has 0 fully saturated rings. The van der Waals surface area contributed by atoms with Gasteiger partial charge in [0, 0.05) is 5.02 Å². The van der Waals surface area contributed by atoms with E-state index >= 15 is 0 Å². The summed E-state index contributed by atoms with van der Waals surface area (Å²) < 4.78 is 4.37. The van der Waals surface area contributed by atoms with Crippen LogP contribution in [0.25, 0.3) is 0 Å². The second kappa shape index (κ2) is 4.91. The Morgan fingerprint density at radius 1 is 1.33 bits per heavy atom. The lowest BCUT2D eigenvalue weighted by Crippen LogP contribution is -2.22. The van der Waals surface area contributed by atoms with Gasteiger partial charge < -0.3 is 9.84 Å². The molecule has 0 amide bonds. The molecule has 0 aliphatic carbocycles. The smallest absolute Gasteiger partial charge is 0.345 e. The Labute approximate surface area is 91.4 Å². The van der Waals surface area contributed by atoms with Gasteiger partial charge in [-0.3, -0.25) is 0 Å². The monoisotopic (exact) mass is 228 g/mol. The average Bonchev–Trinajstić information content (AvgIpc) is 2.18. The van der Waals surface area contributed by atoms with Crippen LogP contribution in [0.4, 0.5) is 0 Å². The van der Waals surface area contributed by atoms with Gasteiger partial charge in [-0.2, -0.15) is 0 Å². The normalized spacial score (nSPS) is 11.9. The maximum absolute atomic E-state index is 11.3. The lowest BCUT2D eigenvalue weighted by molar-refractivity contribution is -0.146. The van der Waals surface area contributed by atoms with Gasteiger partial charge in [-0.05, 0) is 31.2 Å². The maximum Gasteiger partial charge on any atom is 0.345 e. The van der Waals surface area contributed by atoms with Gasteiger partial charge in [-0.25, -0.2) is 9.59 Å². The van der Waals surface area contributed by atoms with Crippen LogP contribution >= 0.6 is 11.6 Å². The molecule has 0 saturated carbocycles. The molecule has 0 aliphatic heterocycles. The van der Waals surface area contributed by atoms with E-state index in [1.54, 1.807) is 0 Å². The maximum atomic E-state index is 11.3. The average molecular weight is 229 g/mol. The number of benzene rings is 1. The summed E-state index contributed by atoms with van der Waals surface area (Å²) >= 11 is 5.61. The molecule has 0 aromatic heterocycles. The van der Waals surface area contributed by atoms with E-state index in [0.717, 1.165) is 0 Å². The van der Waals surface area contributed by atoms with Crippen LogP contribution in [0.5, 0.6) is 0 Å². The molecule has 5 heteroatoms. The highest BCUT2D eigenvalue weighted by Gasteiger charge is 2.16. The van der Waals surface area contributed by atoms with E-state index < -0.39 is 18.0 Å². The fraction of sp³-hybridized carbons (Fsp3) is 0.200. The first-order chi connectivity index (χ1) is 7.00. The molecule has 0 spiro atoms. The molecule has 1 rings (SSSR count). The van der Waals surface area contributed by atoms with E-state index in [9.17, 15) is 9.59 Å². The minimum Gasteiger partial charge on any atom is -0.387 e. The van der Waals surface area contributed by atoms with Crippen LogP contribution in [0, 0.1) is 0 Å². The summed E-state index contributed by atoms with van der Waals surface area (Å²) in [6.45, 7) is 1.22. The van der Waals surface area contributed by atoms with E-state index in [2.05, 4.69) is 4.74 Å². The number of ether oxygens (including phenoxy) is 1. The number of carbonyl (C=O) groups excluding carboxylic acids is 2. The van der Waals surface area contributed by atoms with Gasteiger partial charge in [-0.15, -0.1) is 0 Å². The molecule has 80 valence electrons. The first-order valence-electron chi connectivity index (χ1n) is 4.20. The van der Waals surface area contributed by atoms with Crippen LogP contribution in [-0.4, -0.2) is 23.1 Å². The molecule has 1 N–H and O–H groups in total. The lowest BCUT2D eigenvalue weighted by Gasteiger charge is -2.04. The van der Waals surface area contributed by atoms with Crippen LogP contribution in [0.3, 0.4) is 0 Å². The van der Waals surface area contributed by atoms with E-state index in [0.29, 0.717) is 5.02 Å². The molecular formula is C10H9ClO4. The van der Waals surface area contributed by atoms with E-state index in [1.807, 2.05) is 0 Å². The zero-order valence-corrected chi connectivity index (χ0v) is 8.69. The molecule has 0 unspecified atom stereocenters. The molecule has 0 radical (unpaired) electrons. The number of aliphatic hydroxyl groups excluding tert-OH is 1. The molecule has 15 heavy (non-hydrogen) atoms. The Balaban J connectivity index is 2.69. The number of rotatable bonds is 2. The third-order valence-electron chi connectivity index (χ3n) is 1.61. The Hall–Kier alpha value is -1.39. The summed E-state index contributed by atoms with van der Waals surface area (Å²) in [7, 11) is 0. The standard InChI is InChI=1S/C10H9ClO4/c1-6(12)9(13)15-10(14)7-2-4-8(11)5-3-7/h2-6,12H,1H3/t6-/m0/s1. The highest BCUT2D eigenvalue weighted by Crippen LogP contribution is 2.10. The number of aliphatic hydroxyl groups is 1. The van der Waals surface area contributed by atoms with Crippen molar-refractivity contribution in [1.82, 2.24) is 0 Å². The van der Waals surface area contributed by atoms with Crippen molar-refractivity contribution >= 4 is 23.5 Å². The Kier molecular flexibility index (Phi) is 3.82. The van der Waals surface area contributed by atoms with Crippen molar-refractivity contribution in [2.75, 3.05) is 0 Å². The largest absolute Gasteiger partial charge is 0.387 e. The molecule has 1 aromatic carbocycles. The van der Waals surface area contributed by atoms with Crippen molar-refractivity contribution in [1.29, 1.82) is 0 Å². The summed E-state index contributed by atoms with van der Waals surface area (Å²) in [5, 5.41) is 9.29. The zero-order valence-electron chi connectivity index (χ0n) is 7.94. The molecule has 1 atom stereocenters. The zero-order chi connectivity index (χ0) is 11.4.